The first-order valence-electron chi connectivity index (χ1n) is 5.74. The summed E-state index contributed by atoms with van der Waals surface area (Å²) in [6, 6.07) is 7.07. The van der Waals surface area contributed by atoms with Crippen molar-refractivity contribution in [2.24, 2.45) is 5.92 Å². The SMILES string of the molecule is O=S1(=O)CCC(CNCc2cccc(O)c2)C1. The molecule has 0 radical (unpaired) electrons. The minimum atomic E-state index is -2.78. The van der Waals surface area contributed by atoms with Gasteiger partial charge in [-0.1, -0.05) is 12.1 Å². The normalized spacial score (nSPS) is 22.7. The first-order chi connectivity index (χ1) is 8.05. The number of phenols is 1. The van der Waals surface area contributed by atoms with Gasteiger partial charge < -0.3 is 10.4 Å². The molecule has 0 aliphatic carbocycles. The molecule has 2 N–H and O–H groups in total. The number of benzene rings is 1. The minimum absolute atomic E-state index is 0.234. The van der Waals surface area contributed by atoms with Gasteiger partial charge in [-0.05, 0) is 36.6 Å². The Kier molecular flexibility index (Phi) is 3.69. The summed E-state index contributed by atoms with van der Waals surface area (Å²) in [5.41, 5.74) is 1.01. The summed E-state index contributed by atoms with van der Waals surface area (Å²) in [5.74, 6) is 1.12. The highest BCUT2D eigenvalue weighted by Crippen LogP contribution is 2.17. The Bertz CT molecular complexity index is 484. The predicted molar refractivity (Wildman–Crippen MR) is 66.6 cm³/mol. The van der Waals surface area contributed by atoms with Gasteiger partial charge in [-0.25, -0.2) is 8.42 Å². The zero-order chi connectivity index (χ0) is 12.3. The number of hydrogen-bond donors (Lipinski definition) is 2. The average Bonchev–Trinajstić information content (AvgIpc) is 2.58. The molecule has 4 nitrogen and oxygen atoms in total. The number of sulfone groups is 1. The van der Waals surface area contributed by atoms with Crippen molar-refractivity contribution < 1.29 is 13.5 Å². The molecule has 0 amide bonds. The molecule has 0 spiro atoms. The first-order valence-corrected chi connectivity index (χ1v) is 7.56. The second kappa shape index (κ2) is 5.06. The largest absolute Gasteiger partial charge is 0.508 e. The molecule has 1 unspecified atom stereocenters. The van der Waals surface area contributed by atoms with Crippen LogP contribution in [-0.2, 0) is 16.4 Å². The van der Waals surface area contributed by atoms with Crippen LogP contribution in [-0.4, -0.2) is 31.6 Å². The van der Waals surface area contributed by atoms with Gasteiger partial charge in [0.25, 0.3) is 0 Å². The van der Waals surface area contributed by atoms with Crippen LogP contribution in [0.1, 0.15) is 12.0 Å². The molecule has 0 aromatic heterocycles. The fraction of sp³-hybridized carbons (Fsp3) is 0.500. The fourth-order valence-corrected chi connectivity index (χ4v) is 3.98. The smallest absolute Gasteiger partial charge is 0.150 e. The van der Waals surface area contributed by atoms with Crippen LogP contribution in [0.2, 0.25) is 0 Å². The topological polar surface area (TPSA) is 66.4 Å². The molecule has 0 saturated carbocycles. The van der Waals surface area contributed by atoms with Crippen molar-refractivity contribution in [3.8, 4) is 5.75 Å². The Balaban J connectivity index is 1.77. The van der Waals surface area contributed by atoms with Crippen LogP contribution in [0.15, 0.2) is 24.3 Å². The maximum absolute atomic E-state index is 11.3. The number of phenolic OH excluding ortho intramolecular Hbond substituents is 1. The van der Waals surface area contributed by atoms with Gasteiger partial charge in [0, 0.05) is 6.54 Å². The van der Waals surface area contributed by atoms with Gasteiger partial charge in [0.1, 0.15) is 5.75 Å². The molecule has 1 fully saturated rings. The van der Waals surface area contributed by atoms with E-state index >= 15 is 0 Å². The lowest BCUT2D eigenvalue weighted by Gasteiger charge is -2.09. The third-order valence-corrected chi connectivity index (χ3v) is 4.84. The van der Waals surface area contributed by atoms with E-state index in [0.717, 1.165) is 18.5 Å². The molecule has 17 heavy (non-hydrogen) atoms. The molecule has 1 aliphatic heterocycles. The first kappa shape index (κ1) is 12.4. The zero-order valence-electron chi connectivity index (χ0n) is 9.59. The van der Waals surface area contributed by atoms with Crippen LogP contribution in [0.3, 0.4) is 0 Å². The maximum Gasteiger partial charge on any atom is 0.150 e. The summed E-state index contributed by atoms with van der Waals surface area (Å²) in [4.78, 5) is 0. The van der Waals surface area contributed by atoms with Gasteiger partial charge in [-0.15, -0.1) is 0 Å². The van der Waals surface area contributed by atoms with Crippen molar-refractivity contribution in [2.75, 3.05) is 18.1 Å². The van der Waals surface area contributed by atoms with Crippen LogP contribution in [0.25, 0.3) is 0 Å². The summed E-state index contributed by atoms with van der Waals surface area (Å²) in [6.45, 7) is 1.37. The predicted octanol–water partition coefficient (Wildman–Crippen LogP) is 0.916. The Morgan fingerprint density at radius 2 is 2.24 bits per heavy atom. The lowest BCUT2D eigenvalue weighted by molar-refractivity contribution is 0.473. The third kappa shape index (κ3) is 3.71. The van der Waals surface area contributed by atoms with E-state index in [9.17, 15) is 13.5 Å². The second-order valence-electron chi connectivity index (χ2n) is 4.57. The quantitative estimate of drug-likeness (QED) is 0.839. The lowest BCUT2D eigenvalue weighted by atomic mass is 10.1. The highest BCUT2D eigenvalue weighted by Gasteiger charge is 2.27. The standard InChI is InChI=1S/C12H17NO3S/c14-12-3-1-2-10(6-12)7-13-8-11-4-5-17(15,16)9-11/h1-3,6,11,13-14H,4-5,7-9H2. The summed E-state index contributed by atoms with van der Waals surface area (Å²) in [7, 11) is -2.78. The van der Waals surface area contributed by atoms with Gasteiger partial charge in [0.05, 0.1) is 11.5 Å². The molecule has 5 heteroatoms. The maximum atomic E-state index is 11.3. The van der Waals surface area contributed by atoms with Crippen molar-refractivity contribution in [1.29, 1.82) is 0 Å². The van der Waals surface area contributed by atoms with E-state index in [1.807, 2.05) is 6.07 Å². The van der Waals surface area contributed by atoms with Crippen LogP contribution in [0.5, 0.6) is 5.75 Å². The summed E-state index contributed by atoms with van der Waals surface area (Å²) in [6.07, 6.45) is 0.759. The second-order valence-corrected chi connectivity index (χ2v) is 6.80. The highest BCUT2D eigenvalue weighted by atomic mass is 32.2. The van der Waals surface area contributed by atoms with Crippen LogP contribution in [0, 0.1) is 5.92 Å². The number of hydrogen-bond acceptors (Lipinski definition) is 4. The van der Waals surface area contributed by atoms with E-state index in [0.29, 0.717) is 18.1 Å². The molecule has 94 valence electrons. The summed E-state index contributed by atoms with van der Waals surface area (Å²) in [5, 5.41) is 12.5. The lowest BCUT2D eigenvalue weighted by Crippen LogP contribution is -2.23. The Morgan fingerprint density at radius 1 is 1.41 bits per heavy atom. The molecule has 1 aliphatic rings. The summed E-state index contributed by atoms with van der Waals surface area (Å²) >= 11 is 0. The highest BCUT2D eigenvalue weighted by molar-refractivity contribution is 7.91. The molecule has 2 rings (SSSR count). The van der Waals surface area contributed by atoms with Crippen LogP contribution < -0.4 is 5.32 Å². The molecule has 1 aromatic rings. The van der Waals surface area contributed by atoms with E-state index in [1.54, 1.807) is 18.2 Å². The number of aromatic hydroxyl groups is 1. The van der Waals surface area contributed by atoms with Gasteiger partial charge in [0.15, 0.2) is 9.84 Å². The molecule has 1 aromatic carbocycles. The van der Waals surface area contributed by atoms with E-state index < -0.39 is 9.84 Å². The van der Waals surface area contributed by atoms with E-state index in [1.165, 1.54) is 0 Å². The summed E-state index contributed by atoms with van der Waals surface area (Å²) < 4.78 is 22.5. The van der Waals surface area contributed by atoms with Crippen molar-refractivity contribution >= 4 is 9.84 Å². The van der Waals surface area contributed by atoms with Crippen molar-refractivity contribution in [3.05, 3.63) is 29.8 Å². The Labute approximate surface area is 102 Å². The van der Waals surface area contributed by atoms with Crippen LogP contribution in [0.4, 0.5) is 0 Å². The Hall–Kier alpha value is -1.07. The van der Waals surface area contributed by atoms with E-state index in [-0.39, 0.29) is 11.7 Å². The van der Waals surface area contributed by atoms with Gasteiger partial charge in [0.2, 0.25) is 0 Å². The van der Waals surface area contributed by atoms with Crippen molar-refractivity contribution in [2.45, 2.75) is 13.0 Å². The van der Waals surface area contributed by atoms with Crippen molar-refractivity contribution in [3.63, 3.8) is 0 Å². The van der Waals surface area contributed by atoms with Gasteiger partial charge in [-0.3, -0.25) is 0 Å². The molecule has 1 atom stereocenters. The van der Waals surface area contributed by atoms with Crippen LogP contribution >= 0.6 is 0 Å². The van der Waals surface area contributed by atoms with Crippen molar-refractivity contribution in [1.82, 2.24) is 5.32 Å². The molecule has 1 saturated heterocycles. The molecular weight excluding hydrogens is 238 g/mol. The number of rotatable bonds is 4. The minimum Gasteiger partial charge on any atom is -0.508 e. The number of nitrogens with one attached hydrogen (secondary N) is 1. The molecular formula is C12H17NO3S. The fourth-order valence-electron chi connectivity index (χ4n) is 2.12. The van der Waals surface area contributed by atoms with Gasteiger partial charge >= 0.3 is 0 Å². The monoisotopic (exact) mass is 255 g/mol. The van der Waals surface area contributed by atoms with E-state index in [4.69, 9.17) is 0 Å². The molecule has 0 bridgehead atoms. The third-order valence-electron chi connectivity index (χ3n) is 3.00. The van der Waals surface area contributed by atoms with Gasteiger partial charge in [-0.2, -0.15) is 0 Å². The zero-order valence-corrected chi connectivity index (χ0v) is 10.4. The molecule has 1 heterocycles. The Morgan fingerprint density at radius 3 is 2.88 bits per heavy atom. The average molecular weight is 255 g/mol. The van der Waals surface area contributed by atoms with E-state index in [2.05, 4.69) is 5.32 Å².